The van der Waals surface area contributed by atoms with E-state index in [0.717, 1.165) is 0 Å². The van der Waals surface area contributed by atoms with Crippen LogP contribution in [-0.4, -0.2) is 49.1 Å². The number of pyridine rings is 1. The highest BCUT2D eigenvalue weighted by Crippen LogP contribution is 2.24. The molecule has 1 aromatic rings. The molecule has 19 heavy (non-hydrogen) atoms. The number of aromatic nitrogens is 1. The topological polar surface area (TPSA) is 87.6 Å². The van der Waals surface area contributed by atoms with Crippen molar-refractivity contribution in [3.05, 3.63) is 23.4 Å². The molecule has 1 aliphatic rings. The quantitative estimate of drug-likeness (QED) is 0.879. The molecule has 0 saturated carbocycles. The first-order valence-electron chi connectivity index (χ1n) is 5.94. The van der Waals surface area contributed by atoms with Crippen LogP contribution in [-0.2, 0) is 9.84 Å². The number of rotatable bonds is 3. The third kappa shape index (κ3) is 2.86. The van der Waals surface area contributed by atoms with Crippen LogP contribution >= 0.6 is 0 Å². The van der Waals surface area contributed by atoms with E-state index >= 15 is 0 Å². The predicted octanol–water partition coefficient (Wildman–Crippen LogP) is 0.712. The van der Waals surface area contributed by atoms with E-state index in [1.54, 1.807) is 24.9 Å². The molecule has 1 N–H and O–H groups in total. The van der Waals surface area contributed by atoms with Crippen LogP contribution in [0.5, 0.6) is 0 Å². The zero-order chi connectivity index (χ0) is 14.2. The average molecular weight is 284 g/mol. The maximum Gasteiger partial charge on any atom is 0.339 e. The Morgan fingerprint density at radius 3 is 2.68 bits per heavy atom. The Bertz CT molecular complexity index is 612. The Labute approximate surface area is 112 Å². The summed E-state index contributed by atoms with van der Waals surface area (Å²) in [6.07, 6.45) is 0.507. The molecule has 0 aromatic carbocycles. The lowest BCUT2D eigenvalue weighted by molar-refractivity contribution is 0.0697. The summed E-state index contributed by atoms with van der Waals surface area (Å²) in [5.41, 5.74) is 0.796. The lowest BCUT2D eigenvalue weighted by atomic mass is 10.2. The predicted molar refractivity (Wildman–Crippen MR) is 71.4 cm³/mol. The van der Waals surface area contributed by atoms with Crippen LogP contribution in [0.4, 0.5) is 5.82 Å². The number of aromatic carboxylic acids is 1. The van der Waals surface area contributed by atoms with Gasteiger partial charge in [-0.2, -0.15) is 0 Å². The van der Waals surface area contributed by atoms with Crippen molar-refractivity contribution in [3.63, 3.8) is 0 Å². The van der Waals surface area contributed by atoms with Gasteiger partial charge in [-0.1, -0.05) is 0 Å². The van der Waals surface area contributed by atoms with Crippen LogP contribution in [0, 0.1) is 6.92 Å². The average Bonchev–Trinajstić information content (AvgIpc) is 2.68. The van der Waals surface area contributed by atoms with Crippen LogP contribution in [0.25, 0.3) is 0 Å². The van der Waals surface area contributed by atoms with E-state index in [2.05, 4.69) is 4.98 Å². The molecule has 1 fully saturated rings. The van der Waals surface area contributed by atoms with Gasteiger partial charge in [-0.3, -0.25) is 0 Å². The van der Waals surface area contributed by atoms with Gasteiger partial charge in [0.1, 0.15) is 11.4 Å². The van der Waals surface area contributed by atoms with Crippen molar-refractivity contribution in [2.24, 2.45) is 0 Å². The van der Waals surface area contributed by atoms with E-state index in [0.29, 0.717) is 17.9 Å². The molecule has 0 amide bonds. The minimum absolute atomic E-state index is 0.0538. The molecule has 1 saturated heterocycles. The Hall–Kier alpha value is -1.63. The molecular weight excluding hydrogens is 268 g/mol. The molecule has 0 spiro atoms. The molecule has 7 heteroatoms. The Balaban J connectivity index is 2.36. The second kappa shape index (κ2) is 4.80. The molecule has 1 aliphatic heterocycles. The molecular formula is C12H16N2O4S. The van der Waals surface area contributed by atoms with Gasteiger partial charge in [0, 0.05) is 18.8 Å². The summed E-state index contributed by atoms with van der Waals surface area (Å²) in [6.45, 7) is 1.77. The summed E-state index contributed by atoms with van der Waals surface area (Å²) in [5.74, 6) is -0.529. The SMILES string of the molecule is Cc1ccc(C(=O)O)c(N(C)C2CCS(=O)(=O)C2)n1. The molecule has 104 valence electrons. The second-order valence-corrected chi connectivity index (χ2v) is 7.03. The van der Waals surface area contributed by atoms with Crippen LogP contribution in [0.15, 0.2) is 12.1 Å². The first kappa shape index (κ1) is 13.8. The molecule has 1 unspecified atom stereocenters. The normalized spacial score (nSPS) is 21.3. The number of aryl methyl sites for hydroxylation is 1. The largest absolute Gasteiger partial charge is 0.478 e. The smallest absolute Gasteiger partial charge is 0.339 e. The van der Waals surface area contributed by atoms with Crippen molar-refractivity contribution < 1.29 is 18.3 Å². The van der Waals surface area contributed by atoms with E-state index < -0.39 is 15.8 Å². The highest BCUT2D eigenvalue weighted by molar-refractivity contribution is 7.91. The van der Waals surface area contributed by atoms with E-state index in [4.69, 9.17) is 5.11 Å². The Morgan fingerprint density at radius 2 is 2.16 bits per heavy atom. The summed E-state index contributed by atoms with van der Waals surface area (Å²) >= 11 is 0. The molecule has 1 atom stereocenters. The number of carboxylic acids is 1. The fourth-order valence-corrected chi connectivity index (χ4v) is 4.01. The number of anilines is 1. The first-order chi connectivity index (χ1) is 8.80. The minimum Gasteiger partial charge on any atom is -0.478 e. The molecule has 1 aromatic heterocycles. The summed E-state index contributed by atoms with van der Waals surface area (Å²) in [7, 11) is -1.31. The highest BCUT2D eigenvalue weighted by atomic mass is 32.2. The Morgan fingerprint density at radius 1 is 1.47 bits per heavy atom. The zero-order valence-electron chi connectivity index (χ0n) is 10.8. The number of carboxylic acid groups (broad SMARTS) is 1. The van der Waals surface area contributed by atoms with E-state index in [1.807, 2.05) is 0 Å². The summed E-state index contributed by atoms with van der Waals surface area (Å²) in [6, 6.07) is 2.92. The maximum absolute atomic E-state index is 11.5. The van der Waals surface area contributed by atoms with Crippen molar-refractivity contribution in [1.29, 1.82) is 0 Å². The number of hydrogen-bond acceptors (Lipinski definition) is 5. The van der Waals surface area contributed by atoms with Gasteiger partial charge in [0.05, 0.1) is 11.5 Å². The summed E-state index contributed by atoms with van der Waals surface area (Å²) < 4.78 is 23.0. The number of sulfone groups is 1. The number of nitrogens with zero attached hydrogens (tertiary/aromatic N) is 2. The van der Waals surface area contributed by atoms with Gasteiger partial charge in [-0.15, -0.1) is 0 Å². The second-order valence-electron chi connectivity index (χ2n) is 4.80. The molecule has 2 heterocycles. The maximum atomic E-state index is 11.5. The zero-order valence-corrected chi connectivity index (χ0v) is 11.6. The third-order valence-electron chi connectivity index (χ3n) is 3.33. The van der Waals surface area contributed by atoms with E-state index in [1.165, 1.54) is 6.07 Å². The fraction of sp³-hybridized carbons (Fsp3) is 0.500. The van der Waals surface area contributed by atoms with Gasteiger partial charge in [-0.05, 0) is 25.5 Å². The van der Waals surface area contributed by atoms with Crippen molar-refractivity contribution in [2.45, 2.75) is 19.4 Å². The molecule has 0 aliphatic carbocycles. The van der Waals surface area contributed by atoms with E-state index in [-0.39, 0.29) is 23.1 Å². The molecule has 0 bridgehead atoms. The monoisotopic (exact) mass is 284 g/mol. The van der Waals surface area contributed by atoms with Crippen LogP contribution in [0.2, 0.25) is 0 Å². The summed E-state index contributed by atoms with van der Waals surface area (Å²) in [5, 5.41) is 9.17. The van der Waals surface area contributed by atoms with E-state index in [9.17, 15) is 13.2 Å². The van der Waals surface area contributed by atoms with Gasteiger partial charge >= 0.3 is 5.97 Å². The number of carbonyl (C=O) groups is 1. The minimum atomic E-state index is -3.01. The lowest BCUT2D eigenvalue weighted by Crippen LogP contribution is -2.34. The Kier molecular flexibility index (Phi) is 3.49. The van der Waals surface area contributed by atoms with Crippen molar-refractivity contribution in [1.82, 2.24) is 4.98 Å². The number of hydrogen-bond donors (Lipinski definition) is 1. The van der Waals surface area contributed by atoms with Gasteiger partial charge in [0.25, 0.3) is 0 Å². The highest BCUT2D eigenvalue weighted by Gasteiger charge is 2.32. The fourth-order valence-electron chi connectivity index (χ4n) is 2.23. The van der Waals surface area contributed by atoms with Crippen LogP contribution in [0.1, 0.15) is 22.5 Å². The standard InChI is InChI=1S/C12H16N2O4S/c1-8-3-4-10(12(15)16)11(13-8)14(2)9-5-6-19(17,18)7-9/h3-4,9H,5-7H2,1-2H3,(H,15,16). The third-order valence-corrected chi connectivity index (χ3v) is 5.09. The van der Waals surface area contributed by atoms with Crippen molar-refractivity contribution in [2.75, 3.05) is 23.5 Å². The summed E-state index contributed by atoms with van der Waals surface area (Å²) in [4.78, 5) is 17.1. The molecule has 6 nitrogen and oxygen atoms in total. The molecule has 2 rings (SSSR count). The van der Waals surface area contributed by atoms with Gasteiger partial charge in [-0.25, -0.2) is 18.2 Å². The van der Waals surface area contributed by atoms with Crippen LogP contribution in [0.3, 0.4) is 0 Å². The van der Waals surface area contributed by atoms with Gasteiger partial charge in [0.2, 0.25) is 0 Å². The van der Waals surface area contributed by atoms with Gasteiger partial charge in [0.15, 0.2) is 9.84 Å². The van der Waals surface area contributed by atoms with Crippen molar-refractivity contribution >= 4 is 21.6 Å². The first-order valence-corrected chi connectivity index (χ1v) is 7.76. The molecule has 0 radical (unpaired) electrons. The van der Waals surface area contributed by atoms with Gasteiger partial charge < -0.3 is 10.0 Å². The van der Waals surface area contributed by atoms with Crippen LogP contribution < -0.4 is 4.90 Å². The van der Waals surface area contributed by atoms with Crippen molar-refractivity contribution in [3.8, 4) is 0 Å². The lowest BCUT2D eigenvalue weighted by Gasteiger charge is -2.26.